The number of amides is 3. The summed E-state index contributed by atoms with van der Waals surface area (Å²) in [5, 5.41) is 17.7. The Morgan fingerprint density at radius 1 is 0.882 bits per heavy atom. The number of carboxylic acids is 1. The molecule has 0 aromatic rings. The van der Waals surface area contributed by atoms with Gasteiger partial charge in [0.1, 0.15) is 17.7 Å². The van der Waals surface area contributed by atoms with Gasteiger partial charge in [-0.2, -0.15) is 0 Å². The predicted octanol–water partition coefficient (Wildman–Crippen LogP) is 3.46. The van der Waals surface area contributed by atoms with Crippen LogP contribution in [0.5, 0.6) is 0 Å². The van der Waals surface area contributed by atoms with Crippen molar-refractivity contribution in [1.29, 1.82) is 0 Å². The van der Waals surface area contributed by atoms with Crippen molar-refractivity contribution in [2.24, 2.45) is 23.7 Å². The summed E-state index contributed by atoms with van der Waals surface area (Å²) in [7, 11) is 0. The van der Waals surface area contributed by atoms with E-state index in [2.05, 4.69) is 16.0 Å². The minimum absolute atomic E-state index is 0.171. The molecule has 3 amide bonds. The Morgan fingerprint density at radius 2 is 1.41 bits per heavy atom. The Bertz CT molecular complexity index is 693. The third kappa shape index (κ3) is 11.7. The van der Waals surface area contributed by atoms with Crippen molar-refractivity contribution in [3.05, 3.63) is 0 Å². The van der Waals surface area contributed by atoms with E-state index in [1.165, 1.54) is 0 Å². The van der Waals surface area contributed by atoms with Crippen molar-refractivity contribution < 1.29 is 29.0 Å². The SMILES string of the molecule is CC(C)CC(NC(=O)C1CCC(CNC(=O)C(CC(C)C)NC(=O)OC(C)(C)C)CC1)C(=O)O. The molecule has 2 unspecified atom stereocenters. The molecule has 1 fully saturated rings. The summed E-state index contributed by atoms with van der Waals surface area (Å²) in [5.41, 5.74) is -0.646. The highest BCUT2D eigenvalue weighted by Gasteiger charge is 2.31. The highest BCUT2D eigenvalue weighted by atomic mass is 16.6. The molecule has 0 aliphatic heterocycles. The number of ether oxygens (including phenoxy) is 1. The van der Waals surface area contributed by atoms with Crippen LogP contribution in [0.2, 0.25) is 0 Å². The summed E-state index contributed by atoms with van der Waals surface area (Å²) in [4.78, 5) is 48.9. The molecule has 0 bridgehead atoms. The standard InChI is InChI=1S/C25H45N3O6/c1-15(2)12-19(28-24(33)34-25(5,6)7)22(30)26-14-17-8-10-18(11-9-17)21(29)27-20(23(31)32)13-16(3)4/h15-20H,8-14H2,1-7H3,(H,26,30)(H,27,29)(H,28,33)(H,31,32). The van der Waals surface area contributed by atoms with Crippen LogP contribution in [-0.2, 0) is 19.1 Å². The molecule has 2 atom stereocenters. The zero-order valence-corrected chi connectivity index (χ0v) is 21.9. The summed E-state index contributed by atoms with van der Waals surface area (Å²) in [6, 6.07) is -1.54. The van der Waals surface area contributed by atoms with Crippen LogP contribution in [-0.4, -0.2) is 53.2 Å². The number of carbonyl (C=O) groups excluding carboxylic acids is 3. The zero-order chi connectivity index (χ0) is 26.1. The molecule has 0 spiro atoms. The third-order valence-corrected chi connectivity index (χ3v) is 5.82. The van der Waals surface area contributed by atoms with Crippen molar-refractivity contribution in [2.45, 2.75) is 105 Å². The number of hydrogen-bond acceptors (Lipinski definition) is 5. The first-order chi connectivity index (χ1) is 15.7. The number of rotatable bonds is 11. The maximum Gasteiger partial charge on any atom is 0.408 e. The van der Waals surface area contributed by atoms with Crippen molar-refractivity contribution in [3.8, 4) is 0 Å². The lowest BCUT2D eigenvalue weighted by Crippen LogP contribution is -2.50. The van der Waals surface area contributed by atoms with Crippen molar-refractivity contribution in [1.82, 2.24) is 16.0 Å². The highest BCUT2D eigenvalue weighted by molar-refractivity contribution is 5.86. The summed E-state index contributed by atoms with van der Waals surface area (Å²) in [6.07, 6.45) is 3.15. The van der Waals surface area contributed by atoms with Gasteiger partial charge in [-0.1, -0.05) is 27.7 Å². The lowest BCUT2D eigenvalue weighted by molar-refractivity contribution is -0.143. The molecular weight excluding hydrogens is 438 g/mol. The van der Waals surface area contributed by atoms with Gasteiger partial charge in [0.05, 0.1) is 0 Å². The van der Waals surface area contributed by atoms with Gasteiger partial charge in [-0.25, -0.2) is 9.59 Å². The summed E-state index contributed by atoms with van der Waals surface area (Å²) >= 11 is 0. The van der Waals surface area contributed by atoms with Crippen LogP contribution in [0.1, 0.15) is 87.0 Å². The van der Waals surface area contributed by atoms with E-state index < -0.39 is 29.7 Å². The molecule has 0 saturated heterocycles. The predicted molar refractivity (Wildman–Crippen MR) is 130 cm³/mol. The van der Waals surface area contributed by atoms with E-state index in [0.717, 1.165) is 12.8 Å². The second kappa shape index (κ2) is 13.5. The van der Waals surface area contributed by atoms with E-state index >= 15 is 0 Å². The highest BCUT2D eigenvalue weighted by Crippen LogP contribution is 2.29. The van der Waals surface area contributed by atoms with Crippen molar-refractivity contribution >= 4 is 23.9 Å². The van der Waals surface area contributed by atoms with Gasteiger partial charge in [-0.3, -0.25) is 9.59 Å². The number of carboxylic acid groups (broad SMARTS) is 1. The molecular formula is C25H45N3O6. The van der Waals surface area contributed by atoms with Gasteiger partial charge in [0.2, 0.25) is 11.8 Å². The van der Waals surface area contributed by atoms with Crippen LogP contribution in [0, 0.1) is 23.7 Å². The normalized spacial score (nSPS) is 20.4. The Kier molecular flexibility index (Phi) is 11.8. The summed E-state index contributed by atoms with van der Waals surface area (Å²) in [6.45, 7) is 13.6. The average Bonchev–Trinajstić information content (AvgIpc) is 2.69. The molecule has 1 saturated carbocycles. The second-order valence-corrected chi connectivity index (χ2v) is 11.3. The largest absolute Gasteiger partial charge is 0.480 e. The van der Waals surface area contributed by atoms with E-state index in [9.17, 15) is 24.3 Å². The minimum atomic E-state index is -1.01. The van der Waals surface area contributed by atoms with E-state index in [0.29, 0.717) is 32.2 Å². The molecule has 0 aromatic heterocycles. The fourth-order valence-electron chi connectivity index (χ4n) is 4.13. The number of hydrogen-bond donors (Lipinski definition) is 4. The number of carbonyl (C=O) groups is 4. The van der Waals surface area contributed by atoms with Crippen molar-refractivity contribution in [3.63, 3.8) is 0 Å². The summed E-state index contributed by atoms with van der Waals surface area (Å²) < 4.78 is 5.29. The van der Waals surface area contributed by atoms with Gasteiger partial charge < -0.3 is 25.8 Å². The summed E-state index contributed by atoms with van der Waals surface area (Å²) in [5.74, 6) is -1.03. The number of aliphatic carboxylic acids is 1. The number of nitrogens with one attached hydrogen (secondary N) is 3. The Hall–Kier alpha value is -2.32. The first-order valence-corrected chi connectivity index (χ1v) is 12.5. The molecule has 9 nitrogen and oxygen atoms in total. The van der Waals surface area contributed by atoms with Crippen LogP contribution >= 0.6 is 0 Å². The minimum Gasteiger partial charge on any atom is -0.480 e. The molecule has 0 radical (unpaired) electrons. The third-order valence-electron chi connectivity index (χ3n) is 5.82. The molecule has 0 aromatic carbocycles. The van der Waals surface area contributed by atoms with Gasteiger partial charge >= 0.3 is 12.1 Å². The Labute approximate surface area is 204 Å². The maximum absolute atomic E-state index is 12.8. The van der Waals surface area contributed by atoms with Crippen LogP contribution < -0.4 is 16.0 Å². The molecule has 4 N–H and O–H groups in total. The molecule has 1 aliphatic rings. The second-order valence-electron chi connectivity index (χ2n) is 11.3. The lowest BCUT2D eigenvalue weighted by Gasteiger charge is -2.29. The molecule has 196 valence electrons. The topological polar surface area (TPSA) is 134 Å². The monoisotopic (exact) mass is 483 g/mol. The van der Waals surface area contributed by atoms with Gasteiger partial charge in [-0.05, 0) is 77.0 Å². The van der Waals surface area contributed by atoms with E-state index in [4.69, 9.17) is 4.74 Å². The fraction of sp³-hybridized carbons (Fsp3) is 0.840. The smallest absolute Gasteiger partial charge is 0.408 e. The first-order valence-electron chi connectivity index (χ1n) is 12.5. The Morgan fingerprint density at radius 3 is 1.88 bits per heavy atom. The Balaban J connectivity index is 2.53. The van der Waals surface area contributed by atoms with Gasteiger partial charge in [0, 0.05) is 12.5 Å². The molecule has 0 heterocycles. The van der Waals surface area contributed by atoms with Gasteiger partial charge in [0.25, 0.3) is 0 Å². The van der Waals surface area contributed by atoms with Crippen LogP contribution in [0.25, 0.3) is 0 Å². The van der Waals surface area contributed by atoms with Gasteiger partial charge in [-0.15, -0.1) is 0 Å². The lowest BCUT2D eigenvalue weighted by atomic mass is 9.81. The number of alkyl carbamates (subject to hydrolysis) is 1. The van der Waals surface area contributed by atoms with Crippen LogP contribution in [0.3, 0.4) is 0 Å². The van der Waals surface area contributed by atoms with Gasteiger partial charge in [0.15, 0.2) is 0 Å². The van der Waals surface area contributed by atoms with E-state index in [-0.39, 0.29) is 35.5 Å². The van der Waals surface area contributed by atoms with Crippen LogP contribution in [0.4, 0.5) is 4.79 Å². The quantitative estimate of drug-likeness (QED) is 0.356. The average molecular weight is 484 g/mol. The van der Waals surface area contributed by atoms with E-state index in [1.807, 2.05) is 27.7 Å². The molecule has 34 heavy (non-hydrogen) atoms. The van der Waals surface area contributed by atoms with Crippen LogP contribution in [0.15, 0.2) is 0 Å². The fourth-order valence-corrected chi connectivity index (χ4v) is 4.13. The van der Waals surface area contributed by atoms with Crippen molar-refractivity contribution in [2.75, 3.05) is 6.54 Å². The molecule has 1 aliphatic carbocycles. The maximum atomic E-state index is 12.8. The molecule has 9 heteroatoms. The van der Waals surface area contributed by atoms with E-state index in [1.54, 1.807) is 20.8 Å². The zero-order valence-electron chi connectivity index (χ0n) is 21.9. The first kappa shape index (κ1) is 29.7. The molecule has 1 rings (SSSR count).